The average molecular weight is 769 g/mol. The van der Waals surface area contributed by atoms with Crippen LogP contribution in [0.4, 0.5) is 0 Å². The van der Waals surface area contributed by atoms with E-state index in [4.69, 9.17) is 9.41 Å². The summed E-state index contributed by atoms with van der Waals surface area (Å²) in [5, 5.41) is 9.79. The van der Waals surface area contributed by atoms with Crippen LogP contribution in [-0.2, 0) is 13.0 Å². The van der Waals surface area contributed by atoms with Crippen LogP contribution in [0.1, 0.15) is 34.2 Å². The molecule has 0 atom stereocenters. The van der Waals surface area contributed by atoms with Crippen molar-refractivity contribution in [2.45, 2.75) is 19.4 Å². The highest BCUT2D eigenvalue weighted by Gasteiger charge is 2.20. The maximum Gasteiger partial charge on any atom is 0.143 e. The van der Waals surface area contributed by atoms with Crippen LogP contribution in [0.5, 0.6) is 0 Å². The fourth-order valence-corrected chi connectivity index (χ4v) is 9.23. The van der Waals surface area contributed by atoms with Crippen LogP contribution in [0.15, 0.2) is 202 Å². The number of aryl methyl sites for hydroxylation is 1. The van der Waals surface area contributed by atoms with Crippen LogP contribution < -0.4 is 0 Å². The summed E-state index contributed by atoms with van der Waals surface area (Å²) in [6.45, 7) is 4.54. The Morgan fingerprint density at radius 3 is 2.07 bits per heavy atom. The maximum absolute atomic E-state index is 6.78. The molecule has 0 bridgehead atoms. The smallest absolute Gasteiger partial charge is 0.143 e. The number of fused-ring (bicyclic) bond motifs is 11. The van der Waals surface area contributed by atoms with Gasteiger partial charge in [0.15, 0.2) is 0 Å². The number of furan rings is 1. The van der Waals surface area contributed by atoms with E-state index in [0.717, 1.165) is 79.4 Å². The highest BCUT2D eigenvalue weighted by Crippen LogP contribution is 2.45. The van der Waals surface area contributed by atoms with E-state index in [0.29, 0.717) is 6.54 Å². The summed E-state index contributed by atoms with van der Waals surface area (Å²) in [6.07, 6.45) is 8.84. The first-order valence-electron chi connectivity index (χ1n) is 20.7. The molecule has 1 aromatic heterocycles. The Morgan fingerprint density at radius 2 is 1.27 bits per heavy atom. The predicted molar refractivity (Wildman–Crippen MR) is 255 cm³/mol. The molecule has 0 fully saturated rings. The summed E-state index contributed by atoms with van der Waals surface area (Å²) in [5.41, 5.74) is 14.0. The van der Waals surface area contributed by atoms with Crippen LogP contribution in [0, 0.1) is 0 Å². The molecular formula is C57H40N2O. The Bertz CT molecular complexity index is 3390. The lowest BCUT2D eigenvalue weighted by Gasteiger charge is -2.19. The van der Waals surface area contributed by atoms with Crippen LogP contribution >= 0.6 is 0 Å². The van der Waals surface area contributed by atoms with Gasteiger partial charge >= 0.3 is 0 Å². The molecule has 1 aliphatic carbocycles. The zero-order chi connectivity index (χ0) is 40.0. The molecule has 0 radical (unpaired) electrons. The standard InChI is InChI=1S/C57H40N2O/c1-58-53(35-54(39-17-6-3-7-18-39)59-36-37-15-4-2-5-16-37)40-29-27-38(28-30-40)42-25-14-26-55-56(42)52-34-50(47-23-12-13-24-49(47)57(52)60-55)41-31-32-48-45-21-9-8-19-43(45)44-20-10-11-22-46(44)51(48)33-41/h2-9,11-19,21-35H,1,10,20,36H2/b53-35-,59-54?. The van der Waals surface area contributed by atoms with Crippen molar-refractivity contribution in [3.05, 3.63) is 216 Å². The molecule has 1 aliphatic rings. The van der Waals surface area contributed by atoms with Crippen LogP contribution in [0.25, 0.3) is 88.3 Å². The second-order valence-electron chi connectivity index (χ2n) is 15.6. The number of rotatable bonds is 8. The molecule has 60 heavy (non-hydrogen) atoms. The summed E-state index contributed by atoms with van der Waals surface area (Å²) in [6, 6.07) is 62.5. The molecule has 284 valence electrons. The summed E-state index contributed by atoms with van der Waals surface area (Å²) in [7, 11) is 0. The number of nitrogens with zero attached hydrogens (tertiary/aromatic N) is 2. The van der Waals surface area contributed by atoms with E-state index >= 15 is 0 Å². The van der Waals surface area contributed by atoms with Crippen LogP contribution in [0.2, 0.25) is 0 Å². The molecule has 0 saturated heterocycles. The highest BCUT2D eigenvalue weighted by atomic mass is 16.3. The molecule has 0 spiro atoms. The molecule has 0 saturated carbocycles. The van der Waals surface area contributed by atoms with Gasteiger partial charge in [-0.05, 0) is 115 Å². The van der Waals surface area contributed by atoms with Gasteiger partial charge in [0.1, 0.15) is 11.2 Å². The SMILES string of the molecule is C=N/C(=C\C(=NCc1ccccc1)c1ccccc1)c1ccc(-c2cccc3oc4c5ccccc5c(-c5ccc6c(c5)c5c(c7ccccc76)CCC=C5)cc4c23)cc1. The van der Waals surface area contributed by atoms with Crippen molar-refractivity contribution < 1.29 is 4.42 Å². The first-order valence-corrected chi connectivity index (χ1v) is 20.7. The van der Waals surface area contributed by atoms with Gasteiger partial charge < -0.3 is 4.42 Å². The van der Waals surface area contributed by atoms with E-state index in [-0.39, 0.29) is 0 Å². The largest absolute Gasteiger partial charge is 0.455 e. The Kier molecular flexibility index (Phi) is 8.86. The highest BCUT2D eigenvalue weighted by molar-refractivity contribution is 6.23. The van der Waals surface area contributed by atoms with Gasteiger partial charge in [-0.15, -0.1) is 0 Å². The van der Waals surface area contributed by atoms with Gasteiger partial charge in [-0.3, -0.25) is 9.98 Å². The van der Waals surface area contributed by atoms with E-state index in [1.807, 2.05) is 42.5 Å². The number of hydrogen-bond acceptors (Lipinski definition) is 3. The summed E-state index contributed by atoms with van der Waals surface area (Å²) in [5.74, 6) is 0. The predicted octanol–water partition coefficient (Wildman–Crippen LogP) is 15.1. The number of hydrogen-bond donors (Lipinski definition) is 0. The van der Waals surface area contributed by atoms with E-state index in [9.17, 15) is 0 Å². The molecule has 0 amide bonds. The lowest BCUT2D eigenvalue weighted by atomic mass is 9.85. The molecule has 11 rings (SSSR count). The van der Waals surface area contributed by atoms with Gasteiger partial charge in [0.2, 0.25) is 0 Å². The van der Waals surface area contributed by atoms with Gasteiger partial charge in [-0.25, -0.2) is 0 Å². The quantitative estimate of drug-likeness (QED) is 0.112. The second kappa shape index (κ2) is 15.0. The van der Waals surface area contributed by atoms with E-state index < -0.39 is 0 Å². The van der Waals surface area contributed by atoms with E-state index in [1.165, 1.54) is 49.2 Å². The summed E-state index contributed by atoms with van der Waals surface area (Å²) in [4.78, 5) is 9.54. The Morgan fingerprint density at radius 1 is 0.567 bits per heavy atom. The monoisotopic (exact) mass is 768 g/mol. The van der Waals surface area contributed by atoms with Crippen molar-refractivity contribution in [3.8, 4) is 22.3 Å². The Balaban J connectivity index is 1.03. The van der Waals surface area contributed by atoms with Gasteiger partial charge in [-0.2, -0.15) is 0 Å². The number of aliphatic imine (C=N–C) groups is 2. The minimum Gasteiger partial charge on any atom is -0.455 e. The lowest BCUT2D eigenvalue weighted by Crippen LogP contribution is -1.99. The normalized spacial score (nSPS) is 13.1. The molecule has 10 aromatic rings. The van der Waals surface area contributed by atoms with Gasteiger partial charge in [0.25, 0.3) is 0 Å². The van der Waals surface area contributed by atoms with Gasteiger partial charge in [0.05, 0.1) is 18.0 Å². The van der Waals surface area contributed by atoms with Crippen molar-refractivity contribution >= 4 is 78.5 Å². The second-order valence-corrected chi connectivity index (χ2v) is 15.6. The molecule has 3 heteroatoms. The average Bonchev–Trinajstić information content (AvgIpc) is 3.71. The summed E-state index contributed by atoms with van der Waals surface area (Å²) >= 11 is 0. The van der Waals surface area contributed by atoms with Crippen molar-refractivity contribution in [1.82, 2.24) is 0 Å². The fraction of sp³-hybridized carbons (Fsp3) is 0.0526. The zero-order valence-electron chi connectivity index (χ0n) is 33.1. The van der Waals surface area contributed by atoms with Gasteiger partial charge in [-0.1, -0.05) is 170 Å². The maximum atomic E-state index is 6.78. The molecule has 0 unspecified atom stereocenters. The van der Waals surface area contributed by atoms with Crippen molar-refractivity contribution in [2.75, 3.05) is 0 Å². The Labute approximate surface area is 349 Å². The van der Waals surface area contributed by atoms with E-state index in [1.54, 1.807) is 0 Å². The topological polar surface area (TPSA) is 37.9 Å². The molecule has 3 nitrogen and oxygen atoms in total. The Hall–Kier alpha value is -7.62. The minimum atomic E-state index is 0.571. The molecule has 0 aliphatic heterocycles. The molecule has 0 N–H and O–H groups in total. The zero-order valence-corrected chi connectivity index (χ0v) is 33.1. The number of allylic oxidation sites excluding steroid dienone is 2. The molecule has 9 aromatic carbocycles. The van der Waals surface area contributed by atoms with Crippen molar-refractivity contribution in [3.63, 3.8) is 0 Å². The molecule has 1 heterocycles. The third-order valence-corrected chi connectivity index (χ3v) is 12.1. The first kappa shape index (κ1) is 35.5. The molecular weight excluding hydrogens is 729 g/mol. The number of benzene rings is 9. The van der Waals surface area contributed by atoms with Crippen molar-refractivity contribution in [2.24, 2.45) is 9.98 Å². The third-order valence-electron chi connectivity index (χ3n) is 12.1. The third kappa shape index (κ3) is 6.15. The van der Waals surface area contributed by atoms with Gasteiger partial charge in [0, 0.05) is 21.7 Å². The fourth-order valence-electron chi connectivity index (χ4n) is 9.23. The van der Waals surface area contributed by atoms with E-state index in [2.05, 4.69) is 163 Å². The van der Waals surface area contributed by atoms with Crippen molar-refractivity contribution in [1.29, 1.82) is 0 Å². The minimum absolute atomic E-state index is 0.571. The van der Waals surface area contributed by atoms with Crippen LogP contribution in [-0.4, -0.2) is 12.4 Å². The summed E-state index contributed by atoms with van der Waals surface area (Å²) < 4.78 is 6.78. The first-order chi connectivity index (χ1) is 29.7. The lowest BCUT2D eigenvalue weighted by molar-refractivity contribution is 0.673. The van der Waals surface area contributed by atoms with Crippen LogP contribution in [0.3, 0.4) is 0 Å².